The number of esters is 2. The van der Waals surface area contributed by atoms with Crippen LogP contribution in [0.4, 0.5) is 0 Å². The highest BCUT2D eigenvalue weighted by molar-refractivity contribution is 6.12. The average molecular weight is 472 g/mol. The molecule has 0 fully saturated rings. The Morgan fingerprint density at radius 1 is 1.26 bits per heavy atom. The Balaban J connectivity index is 2.20. The minimum atomic E-state index is -0.971. The van der Waals surface area contributed by atoms with Crippen molar-refractivity contribution in [3.8, 4) is 11.5 Å². The molecule has 0 spiro atoms. The zero-order valence-corrected chi connectivity index (χ0v) is 20.6. The number of ketones is 1. The number of ether oxygens (including phenoxy) is 3. The Bertz CT molecular complexity index is 1060. The number of carbonyl (C=O) groups excluding carboxylic acids is 3. The molecule has 1 aliphatic carbocycles. The molecule has 2 aliphatic rings. The van der Waals surface area contributed by atoms with Gasteiger partial charge in [-0.1, -0.05) is 19.9 Å². The second kappa shape index (κ2) is 10.3. The SMILES string of the molecule is CCOc1cc(C2C(C(=O)OC(C)CC)=C(C)NC3=C2C(=O)C(C(=O)OC)C(C)C3)ccc1O. The topological polar surface area (TPSA) is 111 Å². The number of rotatable bonds is 7. The van der Waals surface area contributed by atoms with Crippen molar-refractivity contribution in [3.05, 3.63) is 46.3 Å². The predicted octanol–water partition coefficient (Wildman–Crippen LogP) is 3.75. The van der Waals surface area contributed by atoms with Gasteiger partial charge in [-0.25, -0.2) is 4.79 Å². The summed E-state index contributed by atoms with van der Waals surface area (Å²) < 4.78 is 16.1. The van der Waals surface area contributed by atoms with Crippen molar-refractivity contribution in [3.63, 3.8) is 0 Å². The highest BCUT2D eigenvalue weighted by Gasteiger charge is 2.47. The third-order valence-electron chi connectivity index (χ3n) is 6.46. The van der Waals surface area contributed by atoms with Crippen molar-refractivity contribution in [2.75, 3.05) is 13.7 Å². The van der Waals surface area contributed by atoms with Gasteiger partial charge in [-0.15, -0.1) is 0 Å². The highest BCUT2D eigenvalue weighted by atomic mass is 16.5. The van der Waals surface area contributed by atoms with Crippen molar-refractivity contribution < 1.29 is 33.7 Å². The number of hydrogen-bond acceptors (Lipinski definition) is 8. The van der Waals surface area contributed by atoms with Crippen LogP contribution in [-0.2, 0) is 23.9 Å². The molecule has 1 aromatic rings. The van der Waals surface area contributed by atoms with E-state index in [9.17, 15) is 19.5 Å². The summed E-state index contributed by atoms with van der Waals surface area (Å²) in [5, 5.41) is 13.5. The fourth-order valence-corrected chi connectivity index (χ4v) is 4.60. The van der Waals surface area contributed by atoms with E-state index in [1.54, 1.807) is 32.9 Å². The van der Waals surface area contributed by atoms with Crippen molar-refractivity contribution in [2.45, 2.75) is 59.5 Å². The molecule has 0 saturated heterocycles. The van der Waals surface area contributed by atoms with Gasteiger partial charge in [-0.05, 0) is 57.2 Å². The summed E-state index contributed by atoms with van der Waals surface area (Å²) in [6, 6.07) is 4.76. The molecule has 8 nitrogen and oxygen atoms in total. The molecule has 0 saturated carbocycles. The Morgan fingerprint density at radius 2 is 1.97 bits per heavy atom. The van der Waals surface area contributed by atoms with Gasteiger partial charge in [0.05, 0.1) is 25.4 Å². The molecular formula is C26H33NO7. The fraction of sp³-hybridized carbons (Fsp3) is 0.500. The second-order valence-electron chi connectivity index (χ2n) is 8.82. The summed E-state index contributed by atoms with van der Waals surface area (Å²) in [5.74, 6) is -3.36. The number of methoxy groups -OCH3 is 1. The van der Waals surface area contributed by atoms with Crippen molar-refractivity contribution in [2.24, 2.45) is 11.8 Å². The van der Waals surface area contributed by atoms with Crippen LogP contribution in [0.25, 0.3) is 0 Å². The van der Waals surface area contributed by atoms with Crippen LogP contribution < -0.4 is 10.1 Å². The first-order valence-corrected chi connectivity index (χ1v) is 11.6. The molecule has 34 heavy (non-hydrogen) atoms. The van der Waals surface area contributed by atoms with E-state index < -0.39 is 23.8 Å². The molecule has 1 aliphatic heterocycles. The van der Waals surface area contributed by atoms with Gasteiger partial charge in [-0.3, -0.25) is 9.59 Å². The van der Waals surface area contributed by atoms with Crippen LogP contribution in [0.15, 0.2) is 40.7 Å². The van der Waals surface area contributed by atoms with Crippen LogP contribution >= 0.6 is 0 Å². The van der Waals surface area contributed by atoms with Crippen molar-refractivity contribution in [1.29, 1.82) is 0 Å². The largest absolute Gasteiger partial charge is 0.504 e. The molecule has 1 aromatic carbocycles. The molecule has 8 heteroatoms. The zero-order valence-electron chi connectivity index (χ0n) is 20.6. The summed E-state index contributed by atoms with van der Waals surface area (Å²) >= 11 is 0. The van der Waals surface area contributed by atoms with Crippen molar-refractivity contribution >= 4 is 17.7 Å². The van der Waals surface area contributed by atoms with Crippen LogP contribution in [0.5, 0.6) is 11.5 Å². The van der Waals surface area contributed by atoms with Crippen LogP contribution in [0.3, 0.4) is 0 Å². The van der Waals surface area contributed by atoms with E-state index in [1.165, 1.54) is 13.2 Å². The molecule has 4 atom stereocenters. The molecule has 1 heterocycles. The molecule has 0 aromatic heterocycles. The van der Waals surface area contributed by atoms with Crippen LogP contribution in [0.1, 0.15) is 58.9 Å². The number of hydrogen-bond donors (Lipinski definition) is 2. The minimum absolute atomic E-state index is 0.0470. The quantitative estimate of drug-likeness (QED) is 0.457. The summed E-state index contributed by atoms with van der Waals surface area (Å²) in [6.45, 7) is 9.45. The number of phenolic OH excluding ortho intramolecular Hbond substituents is 1. The third kappa shape index (κ3) is 4.67. The molecular weight excluding hydrogens is 438 g/mol. The standard InChI is InChI=1S/C26H33NO7/c1-7-14(4)34-26(31)21-15(5)27-17-11-13(3)20(25(30)32-6)24(29)23(17)22(21)16-9-10-18(28)19(12-16)33-8-2/h9-10,12-14,20,22,27-28H,7-8,11H2,1-6H3. The van der Waals surface area contributed by atoms with Gasteiger partial charge in [-0.2, -0.15) is 0 Å². The van der Waals surface area contributed by atoms with Gasteiger partial charge >= 0.3 is 11.9 Å². The van der Waals surface area contributed by atoms with Gasteiger partial charge in [0.2, 0.25) is 0 Å². The minimum Gasteiger partial charge on any atom is -0.504 e. The molecule has 0 radical (unpaired) electrons. The molecule has 0 bridgehead atoms. The number of dihydropyridines is 1. The molecule has 4 unspecified atom stereocenters. The lowest BCUT2D eigenvalue weighted by Gasteiger charge is -2.38. The van der Waals surface area contributed by atoms with E-state index in [1.807, 2.05) is 13.8 Å². The number of benzene rings is 1. The first kappa shape index (κ1) is 25.3. The Kier molecular flexibility index (Phi) is 7.69. The van der Waals surface area contributed by atoms with Gasteiger partial charge in [0.25, 0.3) is 0 Å². The van der Waals surface area contributed by atoms with E-state index in [4.69, 9.17) is 14.2 Å². The second-order valence-corrected chi connectivity index (χ2v) is 8.82. The average Bonchev–Trinajstić information content (AvgIpc) is 2.79. The Hall–Kier alpha value is -3.29. The maximum absolute atomic E-state index is 13.7. The lowest BCUT2D eigenvalue weighted by molar-refractivity contribution is -0.151. The maximum Gasteiger partial charge on any atom is 0.337 e. The Morgan fingerprint density at radius 3 is 2.59 bits per heavy atom. The molecule has 3 rings (SSSR count). The fourth-order valence-electron chi connectivity index (χ4n) is 4.60. The van der Waals surface area contributed by atoms with E-state index in [0.29, 0.717) is 47.6 Å². The van der Waals surface area contributed by atoms with E-state index >= 15 is 0 Å². The zero-order chi connectivity index (χ0) is 25.2. The molecule has 0 amide bonds. The summed E-state index contributed by atoms with van der Waals surface area (Å²) in [7, 11) is 1.26. The number of allylic oxidation sites excluding steroid dienone is 3. The van der Waals surface area contributed by atoms with E-state index in [-0.39, 0.29) is 29.3 Å². The normalized spacial score (nSPS) is 23.1. The summed E-state index contributed by atoms with van der Waals surface area (Å²) in [6.07, 6.45) is 0.768. The number of phenols is 1. The summed E-state index contributed by atoms with van der Waals surface area (Å²) in [5.41, 5.74) is 2.46. The highest BCUT2D eigenvalue weighted by Crippen LogP contribution is 2.46. The monoisotopic (exact) mass is 471 g/mol. The number of aromatic hydroxyl groups is 1. The van der Waals surface area contributed by atoms with Gasteiger partial charge in [0.15, 0.2) is 17.3 Å². The van der Waals surface area contributed by atoms with E-state index in [2.05, 4.69) is 5.32 Å². The van der Waals surface area contributed by atoms with Gasteiger partial charge < -0.3 is 24.6 Å². The van der Waals surface area contributed by atoms with Crippen LogP contribution in [0.2, 0.25) is 0 Å². The number of nitrogens with one attached hydrogen (secondary N) is 1. The molecule has 184 valence electrons. The molecule has 2 N–H and O–H groups in total. The summed E-state index contributed by atoms with van der Waals surface area (Å²) in [4.78, 5) is 39.6. The van der Waals surface area contributed by atoms with Gasteiger partial charge in [0, 0.05) is 22.9 Å². The lowest BCUT2D eigenvalue weighted by Crippen LogP contribution is -2.43. The first-order valence-electron chi connectivity index (χ1n) is 11.6. The number of Topliss-reactive ketones (excluding diaryl/α,β-unsaturated/α-hetero) is 1. The smallest absolute Gasteiger partial charge is 0.337 e. The van der Waals surface area contributed by atoms with Crippen LogP contribution in [0, 0.1) is 11.8 Å². The third-order valence-corrected chi connectivity index (χ3v) is 6.46. The lowest BCUT2D eigenvalue weighted by atomic mass is 9.69. The van der Waals surface area contributed by atoms with Gasteiger partial charge in [0.1, 0.15) is 5.92 Å². The maximum atomic E-state index is 13.7. The Labute approximate surface area is 200 Å². The van der Waals surface area contributed by atoms with E-state index in [0.717, 1.165) is 0 Å². The predicted molar refractivity (Wildman–Crippen MR) is 125 cm³/mol. The number of carbonyl (C=O) groups is 3. The first-order chi connectivity index (χ1) is 16.1. The van der Waals surface area contributed by atoms with Crippen LogP contribution in [-0.4, -0.2) is 42.6 Å². The van der Waals surface area contributed by atoms with Crippen molar-refractivity contribution in [1.82, 2.24) is 5.32 Å².